The summed E-state index contributed by atoms with van der Waals surface area (Å²) in [5.41, 5.74) is 1.24. The zero-order valence-electron chi connectivity index (χ0n) is 14.8. The lowest BCUT2D eigenvalue weighted by molar-refractivity contribution is 0.240. The van der Waals surface area contributed by atoms with Crippen LogP contribution >= 0.6 is 11.3 Å². The molecule has 0 amide bonds. The van der Waals surface area contributed by atoms with E-state index in [4.69, 9.17) is 4.74 Å². The van der Waals surface area contributed by atoms with Gasteiger partial charge >= 0.3 is 0 Å². The lowest BCUT2D eigenvalue weighted by atomic mass is 10.2. The van der Waals surface area contributed by atoms with Crippen molar-refractivity contribution in [2.24, 2.45) is 0 Å². The number of hydrogen-bond acceptors (Lipinski definition) is 7. The van der Waals surface area contributed by atoms with Crippen molar-refractivity contribution >= 4 is 17.0 Å². The fourth-order valence-electron chi connectivity index (χ4n) is 3.17. The minimum Gasteiger partial charge on any atom is -0.497 e. The van der Waals surface area contributed by atoms with E-state index in [-0.39, 0.29) is 0 Å². The number of benzene rings is 1. The first-order valence-corrected chi connectivity index (χ1v) is 9.58. The van der Waals surface area contributed by atoms with E-state index in [0.29, 0.717) is 0 Å². The zero-order valence-corrected chi connectivity index (χ0v) is 15.6. The fraction of sp³-hybridized carbons (Fsp3) is 0.389. The number of thiophene rings is 1. The first kappa shape index (κ1) is 17.0. The van der Waals surface area contributed by atoms with Gasteiger partial charge in [-0.15, -0.1) is 16.4 Å². The van der Waals surface area contributed by atoms with E-state index >= 15 is 0 Å². The van der Waals surface area contributed by atoms with Gasteiger partial charge in [0.15, 0.2) is 5.82 Å². The standard InChI is InChI=1S/C18H22N6OS/c1-25-16-6-4-15(5-7-16)23-10-8-22(9-11-23)14-18-19-20-21-24(18)13-17-3-2-12-26-17/h2-7,12H,8-11,13-14H2,1H3. The van der Waals surface area contributed by atoms with Gasteiger partial charge in [-0.3, -0.25) is 4.90 Å². The van der Waals surface area contributed by atoms with Crippen molar-refractivity contribution in [3.8, 4) is 5.75 Å². The summed E-state index contributed by atoms with van der Waals surface area (Å²) in [5, 5.41) is 14.3. The van der Waals surface area contributed by atoms with Crippen LogP contribution in [-0.4, -0.2) is 58.4 Å². The Kier molecular flexibility index (Phi) is 5.12. The molecule has 0 spiro atoms. The van der Waals surface area contributed by atoms with Crippen LogP contribution in [-0.2, 0) is 13.1 Å². The lowest BCUT2D eigenvalue weighted by Gasteiger charge is -2.35. The van der Waals surface area contributed by atoms with Gasteiger partial charge in [-0.1, -0.05) is 6.07 Å². The third kappa shape index (κ3) is 3.86. The summed E-state index contributed by atoms with van der Waals surface area (Å²) in [6.07, 6.45) is 0. The largest absolute Gasteiger partial charge is 0.497 e. The predicted octanol–water partition coefficient (Wildman–Crippen LogP) is 2.11. The van der Waals surface area contributed by atoms with Gasteiger partial charge in [0.2, 0.25) is 0 Å². The van der Waals surface area contributed by atoms with Crippen molar-refractivity contribution in [1.29, 1.82) is 0 Å². The van der Waals surface area contributed by atoms with Gasteiger partial charge in [-0.2, -0.15) is 0 Å². The topological polar surface area (TPSA) is 59.3 Å². The molecule has 1 fully saturated rings. The summed E-state index contributed by atoms with van der Waals surface area (Å²) in [4.78, 5) is 6.09. The number of methoxy groups -OCH3 is 1. The van der Waals surface area contributed by atoms with Crippen LogP contribution in [0.2, 0.25) is 0 Å². The fourth-order valence-corrected chi connectivity index (χ4v) is 3.85. The van der Waals surface area contributed by atoms with Gasteiger partial charge in [0.05, 0.1) is 20.2 Å². The second kappa shape index (κ2) is 7.84. The molecule has 8 heteroatoms. The average molecular weight is 370 g/mol. The molecule has 26 heavy (non-hydrogen) atoms. The van der Waals surface area contributed by atoms with Gasteiger partial charge in [-0.05, 0) is 46.1 Å². The first-order chi connectivity index (χ1) is 12.8. The number of ether oxygens (including phenoxy) is 1. The molecule has 2 aromatic heterocycles. The van der Waals surface area contributed by atoms with Crippen LogP contribution in [0.5, 0.6) is 5.75 Å². The second-order valence-electron chi connectivity index (χ2n) is 6.29. The van der Waals surface area contributed by atoms with E-state index in [1.807, 2.05) is 16.8 Å². The van der Waals surface area contributed by atoms with E-state index in [9.17, 15) is 0 Å². The van der Waals surface area contributed by atoms with E-state index < -0.39 is 0 Å². The molecule has 136 valence electrons. The van der Waals surface area contributed by atoms with E-state index in [1.165, 1.54) is 10.6 Å². The summed E-state index contributed by atoms with van der Waals surface area (Å²) >= 11 is 1.73. The van der Waals surface area contributed by atoms with Crippen molar-refractivity contribution in [2.45, 2.75) is 13.1 Å². The van der Waals surface area contributed by atoms with Crippen LogP contribution in [0.15, 0.2) is 41.8 Å². The molecule has 1 aliphatic rings. The number of tetrazole rings is 1. The Morgan fingerprint density at radius 1 is 1.04 bits per heavy atom. The number of rotatable bonds is 6. The molecule has 0 unspecified atom stereocenters. The van der Waals surface area contributed by atoms with Crippen LogP contribution in [0.3, 0.4) is 0 Å². The van der Waals surface area contributed by atoms with Crippen molar-refractivity contribution < 1.29 is 4.74 Å². The maximum absolute atomic E-state index is 5.23. The highest BCUT2D eigenvalue weighted by atomic mass is 32.1. The van der Waals surface area contributed by atoms with Crippen LogP contribution < -0.4 is 9.64 Å². The summed E-state index contributed by atoms with van der Waals surface area (Å²) < 4.78 is 7.14. The van der Waals surface area contributed by atoms with Crippen molar-refractivity contribution in [2.75, 3.05) is 38.2 Å². The van der Waals surface area contributed by atoms with Gasteiger partial charge < -0.3 is 9.64 Å². The highest BCUT2D eigenvalue weighted by Gasteiger charge is 2.19. The second-order valence-corrected chi connectivity index (χ2v) is 7.33. The molecule has 1 aromatic carbocycles. The molecular weight excluding hydrogens is 348 g/mol. The maximum Gasteiger partial charge on any atom is 0.165 e. The zero-order chi connectivity index (χ0) is 17.8. The van der Waals surface area contributed by atoms with Crippen molar-refractivity contribution in [1.82, 2.24) is 25.1 Å². The number of piperazine rings is 1. The van der Waals surface area contributed by atoms with E-state index in [1.54, 1.807) is 18.4 Å². The Bertz CT molecular complexity index is 809. The minimum atomic E-state index is 0.742. The van der Waals surface area contributed by atoms with Gasteiger partial charge in [0.25, 0.3) is 0 Å². The Balaban J connectivity index is 1.33. The van der Waals surface area contributed by atoms with Gasteiger partial charge in [0.1, 0.15) is 5.75 Å². The van der Waals surface area contributed by atoms with Crippen LogP contribution in [0.25, 0.3) is 0 Å². The Morgan fingerprint density at radius 3 is 2.54 bits per heavy atom. The lowest BCUT2D eigenvalue weighted by Crippen LogP contribution is -2.46. The number of hydrogen-bond donors (Lipinski definition) is 0. The maximum atomic E-state index is 5.23. The third-order valence-corrected chi connectivity index (χ3v) is 5.53. The van der Waals surface area contributed by atoms with Gasteiger partial charge in [-0.25, -0.2) is 4.68 Å². The number of anilines is 1. The summed E-state index contributed by atoms with van der Waals surface area (Å²) in [7, 11) is 1.69. The highest BCUT2D eigenvalue weighted by molar-refractivity contribution is 7.09. The van der Waals surface area contributed by atoms with E-state index in [2.05, 4.69) is 55.0 Å². The summed E-state index contributed by atoms with van der Waals surface area (Å²) in [6, 6.07) is 12.4. The molecule has 0 saturated carbocycles. The average Bonchev–Trinajstić information content (AvgIpc) is 3.35. The molecule has 1 aliphatic heterocycles. The molecule has 7 nitrogen and oxygen atoms in total. The van der Waals surface area contributed by atoms with Crippen molar-refractivity contribution in [3.63, 3.8) is 0 Å². The molecule has 0 aliphatic carbocycles. The van der Waals surface area contributed by atoms with E-state index in [0.717, 1.165) is 50.8 Å². The summed E-state index contributed by atoms with van der Waals surface area (Å²) in [6.45, 7) is 5.52. The van der Waals surface area contributed by atoms with Crippen LogP contribution in [0.4, 0.5) is 5.69 Å². The summed E-state index contributed by atoms with van der Waals surface area (Å²) in [5.74, 6) is 1.82. The SMILES string of the molecule is COc1ccc(N2CCN(Cc3nnnn3Cc3cccs3)CC2)cc1. The Morgan fingerprint density at radius 2 is 1.85 bits per heavy atom. The molecular formula is C18H22N6OS. The molecule has 3 heterocycles. The smallest absolute Gasteiger partial charge is 0.165 e. The Hall–Kier alpha value is -2.45. The molecule has 0 N–H and O–H groups in total. The normalized spacial score (nSPS) is 15.3. The molecule has 0 atom stereocenters. The number of aromatic nitrogens is 4. The first-order valence-electron chi connectivity index (χ1n) is 8.70. The molecule has 1 saturated heterocycles. The minimum absolute atomic E-state index is 0.742. The molecule has 3 aromatic rings. The third-order valence-electron chi connectivity index (χ3n) is 4.67. The molecule has 0 radical (unpaired) electrons. The van der Waals surface area contributed by atoms with Crippen LogP contribution in [0, 0.1) is 0 Å². The Labute approximate surface area is 156 Å². The predicted molar refractivity (Wildman–Crippen MR) is 102 cm³/mol. The molecule has 0 bridgehead atoms. The number of nitrogens with zero attached hydrogens (tertiary/aromatic N) is 6. The quantitative estimate of drug-likeness (QED) is 0.662. The van der Waals surface area contributed by atoms with Gasteiger partial charge in [0, 0.05) is 36.7 Å². The van der Waals surface area contributed by atoms with Crippen LogP contribution in [0.1, 0.15) is 10.7 Å². The van der Waals surface area contributed by atoms with Crippen molar-refractivity contribution in [3.05, 3.63) is 52.5 Å². The molecule has 4 rings (SSSR count). The monoisotopic (exact) mass is 370 g/mol. The highest BCUT2D eigenvalue weighted by Crippen LogP contribution is 2.21.